The molecule has 0 radical (unpaired) electrons. The molecular formula is C19H16ClN3O5. The third-order valence-corrected chi connectivity index (χ3v) is 4.29. The number of nitrogens with one attached hydrogen (secondary N) is 1. The summed E-state index contributed by atoms with van der Waals surface area (Å²) in [5, 5.41) is 0.342. The van der Waals surface area contributed by atoms with Gasteiger partial charge in [-0.1, -0.05) is 11.6 Å². The van der Waals surface area contributed by atoms with Crippen LogP contribution in [0, 0.1) is 13.8 Å². The Balaban J connectivity index is 1.87. The summed E-state index contributed by atoms with van der Waals surface area (Å²) in [7, 11) is 1.26. The minimum atomic E-state index is -0.680. The van der Waals surface area contributed by atoms with Crippen molar-refractivity contribution < 1.29 is 19.1 Å². The molecule has 0 aliphatic rings. The third kappa shape index (κ3) is 3.86. The summed E-state index contributed by atoms with van der Waals surface area (Å²) in [6, 6.07) is 6.10. The molecule has 2 heterocycles. The minimum absolute atomic E-state index is 0.0465. The summed E-state index contributed by atoms with van der Waals surface area (Å²) >= 11 is 6.05. The Morgan fingerprint density at radius 3 is 2.57 bits per heavy atom. The van der Waals surface area contributed by atoms with Crippen LogP contribution in [0.4, 0.5) is 0 Å². The van der Waals surface area contributed by atoms with Crippen LogP contribution in [0.5, 0.6) is 0 Å². The molecule has 2 aromatic heterocycles. The van der Waals surface area contributed by atoms with Crippen LogP contribution < -0.4 is 5.56 Å². The topological polar surface area (TPSA) is 111 Å². The Hall–Kier alpha value is -3.26. The van der Waals surface area contributed by atoms with Crippen molar-refractivity contribution in [2.24, 2.45) is 0 Å². The number of aryl methyl sites for hydroxylation is 2. The van der Waals surface area contributed by atoms with E-state index in [9.17, 15) is 14.4 Å². The maximum absolute atomic E-state index is 12.4. The van der Waals surface area contributed by atoms with Crippen molar-refractivity contribution in [3.8, 4) is 0 Å². The van der Waals surface area contributed by atoms with Gasteiger partial charge in [0.15, 0.2) is 0 Å². The van der Waals surface area contributed by atoms with Crippen LogP contribution in [0.25, 0.3) is 10.9 Å². The fraction of sp³-hybridized carbons (Fsp3) is 0.211. The number of pyridine rings is 1. The van der Waals surface area contributed by atoms with Gasteiger partial charge in [0, 0.05) is 5.69 Å². The van der Waals surface area contributed by atoms with Crippen LogP contribution in [0.3, 0.4) is 0 Å². The van der Waals surface area contributed by atoms with Crippen LogP contribution in [-0.4, -0.2) is 34.0 Å². The molecule has 9 heteroatoms. The molecule has 144 valence electrons. The highest BCUT2D eigenvalue weighted by Gasteiger charge is 2.18. The van der Waals surface area contributed by atoms with Crippen molar-refractivity contribution in [2.75, 3.05) is 7.11 Å². The number of esters is 2. The van der Waals surface area contributed by atoms with Crippen molar-refractivity contribution in [3.63, 3.8) is 0 Å². The fourth-order valence-electron chi connectivity index (χ4n) is 2.74. The summed E-state index contributed by atoms with van der Waals surface area (Å²) in [5.41, 5.74) is 1.58. The van der Waals surface area contributed by atoms with E-state index in [1.165, 1.54) is 25.3 Å². The zero-order valence-electron chi connectivity index (χ0n) is 15.3. The number of halogens is 1. The molecule has 0 aliphatic heterocycles. The maximum atomic E-state index is 12.4. The van der Waals surface area contributed by atoms with Crippen LogP contribution in [0.1, 0.15) is 37.8 Å². The van der Waals surface area contributed by atoms with Gasteiger partial charge in [-0.05, 0) is 43.7 Å². The molecule has 0 saturated carbocycles. The molecule has 0 saturated heterocycles. The second-order valence-electron chi connectivity index (χ2n) is 6.06. The molecule has 8 nitrogen and oxygen atoms in total. The molecule has 1 N–H and O–H groups in total. The van der Waals surface area contributed by atoms with Gasteiger partial charge in [-0.25, -0.2) is 19.6 Å². The van der Waals surface area contributed by atoms with Crippen LogP contribution in [-0.2, 0) is 16.1 Å². The second kappa shape index (κ2) is 7.77. The van der Waals surface area contributed by atoms with Gasteiger partial charge < -0.3 is 14.5 Å². The van der Waals surface area contributed by atoms with Crippen molar-refractivity contribution in [1.29, 1.82) is 0 Å². The van der Waals surface area contributed by atoms with Crippen molar-refractivity contribution >= 4 is 34.4 Å². The van der Waals surface area contributed by atoms with Gasteiger partial charge in [-0.3, -0.25) is 4.79 Å². The van der Waals surface area contributed by atoms with Gasteiger partial charge in [-0.2, -0.15) is 0 Å². The summed E-state index contributed by atoms with van der Waals surface area (Å²) < 4.78 is 9.89. The summed E-state index contributed by atoms with van der Waals surface area (Å²) in [4.78, 5) is 47.1. The number of hydrogen-bond acceptors (Lipinski definition) is 7. The number of rotatable bonds is 4. The quantitative estimate of drug-likeness (QED) is 0.528. The lowest BCUT2D eigenvalue weighted by Crippen LogP contribution is -2.16. The minimum Gasteiger partial charge on any atom is -0.465 e. The van der Waals surface area contributed by atoms with E-state index in [1.807, 2.05) is 0 Å². The Kier molecular flexibility index (Phi) is 5.41. The lowest BCUT2D eigenvalue weighted by molar-refractivity contribution is 0.0460. The molecule has 0 fully saturated rings. The average molecular weight is 402 g/mol. The first-order chi connectivity index (χ1) is 13.3. The third-order valence-electron chi connectivity index (χ3n) is 4.02. The monoisotopic (exact) mass is 401 g/mol. The molecule has 28 heavy (non-hydrogen) atoms. The molecular weight excluding hydrogens is 386 g/mol. The zero-order valence-corrected chi connectivity index (χ0v) is 16.1. The lowest BCUT2D eigenvalue weighted by atomic mass is 10.1. The number of hydrogen-bond donors (Lipinski definition) is 1. The number of ether oxygens (including phenoxy) is 2. The molecule has 0 unspecified atom stereocenters. The van der Waals surface area contributed by atoms with E-state index < -0.39 is 17.5 Å². The van der Waals surface area contributed by atoms with Gasteiger partial charge >= 0.3 is 11.9 Å². The van der Waals surface area contributed by atoms with Gasteiger partial charge in [0.2, 0.25) is 0 Å². The molecule has 3 rings (SSSR count). The van der Waals surface area contributed by atoms with Gasteiger partial charge in [0.1, 0.15) is 17.6 Å². The van der Waals surface area contributed by atoms with E-state index in [0.29, 0.717) is 16.6 Å². The fourth-order valence-corrected chi connectivity index (χ4v) is 3.10. The first kappa shape index (κ1) is 19.5. The second-order valence-corrected chi connectivity index (χ2v) is 6.42. The Morgan fingerprint density at radius 2 is 1.89 bits per heavy atom. The van der Waals surface area contributed by atoms with Gasteiger partial charge in [0.05, 0.1) is 29.1 Å². The number of aromatic nitrogens is 3. The highest BCUT2D eigenvalue weighted by atomic mass is 35.5. The number of H-pyrrole nitrogens is 1. The largest absolute Gasteiger partial charge is 0.465 e. The number of nitrogens with zero attached hydrogens (tertiary/aromatic N) is 2. The first-order valence-corrected chi connectivity index (χ1v) is 8.60. The van der Waals surface area contributed by atoms with E-state index in [-0.39, 0.29) is 34.2 Å². The smallest absolute Gasteiger partial charge is 0.342 e. The van der Waals surface area contributed by atoms with E-state index in [0.717, 1.165) is 0 Å². The molecule has 0 bridgehead atoms. The normalized spacial score (nSPS) is 10.7. The average Bonchev–Trinajstić information content (AvgIpc) is 2.64. The SMILES string of the molecule is COC(=O)c1ccc2c(=O)[nH]c(COC(=O)c3c(C)cc(C)nc3Cl)nc2c1. The molecule has 3 aromatic rings. The highest BCUT2D eigenvalue weighted by molar-refractivity contribution is 6.32. The Labute approximate surface area is 164 Å². The van der Waals surface area contributed by atoms with Crippen LogP contribution >= 0.6 is 11.6 Å². The summed E-state index contributed by atoms with van der Waals surface area (Å²) in [6.45, 7) is 3.21. The first-order valence-electron chi connectivity index (χ1n) is 8.22. The van der Waals surface area contributed by atoms with E-state index >= 15 is 0 Å². The predicted octanol–water partition coefficient (Wildman–Crippen LogP) is 2.73. The molecule has 1 aromatic carbocycles. The molecule has 0 amide bonds. The standard InChI is InChI=1S/C19H16ClN3O5/c1-9-6-10(2)21-16(20)15(9)19(26)28-8-14-22-13-7-11(18(25)27-3)4-5-12(13)17(24)23-14/h4-7H,8H2,1-3H3,(H,22,23,24). The number of aromatic amines is 1. The van der Waals surface area contributed by atoms with E-state index in [1.54, 1.807) is 19.9 Å². The number of fused-ring (bicyclic) bond motifs is 1. The Bertz CT molecular complexity index is 1130. The predicted molar refractivity (Wildman–Crippen MR) is 102 cm³/mol. The lowest BCUT2D eigenvalue weighted by Gasteiger charge is -2.09. The number of carbonyl (C=O) groups excluding carboxylic acids is 2. The van der Waals surface area contributed by atoms with E-state index in [2.05, 4.69) is 19.7 Å². The van der Waals surface area contributed by atoms with Gasteiger partial charge in [0.25, 0.3) is 5.56 Å². The molecule has 0 spiro atoms. The summed E-state index contributed by atoms with van der Waals surface area (Å²) in [5.74, 6) is -1.10. The zero-order chi connectivity index (χ0) is 20.4. The molecule has 0 aliphatic carbocycles. The summed E-state index contributed by atoms with van der Waals surface area (Å²) in [6.07, 6.45) is 0. The van der Waals surface area contributed by atoms with Crippen LogP contribution in [0.15, 0.2) is 29.1 Å². The number of benzene rings is 1. The van der Waals surface area contributed by atoms with Crippen molar-refractivity contribution in [3.05, 3.63) is 68.0 Å². The van der Waals surface area contributed by atoms with Crippen molar-refractivity contribution in [1.82, 2.24) is 15.0 Å². The van der Waals surface area contributed by atoms with Gasteiger partial charge in [-0.15, -0.1) is 0 Å². The number of methoxy groups -OCH3 is 1. The maximum Gasteiger partial charge on any atom is 0.342 e. The molecule has 0 atom stereocenters. The number of carbonyl (C=O) groups is 2. The van der Waals surface area contributed by atoms with Crippen LogP contribution in [0.2, 0.25) is 5.15 Å². The van der Waals surface area contributed by atoms with E-state index in [4.69, 9.17) is 16.3 Å². The highest BCUT2D eigenvalue weighted by Crippen LogP contribution is 2.20. The Morgan fingerprint density at radius 1 is 1.14 bits per heavy atom. The van der Waals surface area contributed by atoms with Crippen molar-refractivity contribution in [2.45, 2.75) is 20.5 Å².